The van der Waals surface area contributed by atoms with Crippen molar-refractivity contribution in [2.45, 2.75) is 24.2 Å². The van der Waals surface area contributed by atoms with Crippen LogP contribution in [0.25, 0.3) is 11.5 Å². The molecular formula is C14H17N3O3S2. The van der Waals surface area contributed by atoms with Crippen LogP contribution >= 0.6 is 11.8 Å². The van der Waals surface area contributed by atoms with E-state index in [2.05, 4.69) is 21.4 Å². The first-order valence-corrected chi connectivity index (χ1v) is 10.2. The monoisotopic (exact) mass is 339 g/mol. The fourth-order valence-corrected chi connectivity index (χ4v) is 4.28. The second-order valence-electron chi connectivity index (χ2n) is 5.74. The maximum Gasteiger partial charge on any atom is 0.227 e. The van der Waals surface area contributed by atoms with E-state index in [-0.39, 0.29) is 21.8 Å². The van der Waals surface area contributed by atoms with Gasteiger partial charge in [-0.15, -0.1) is 0 Å². The van der Waals surface area contributed by atoms with Crippen LogP contribution in [0.4, 0.5) is 0 Å². The lowest BCUT2D eigenvalue weighted by Gasteiger charge is -2.09. The highest BCUT2D eigenvalue weighted by Gasteiger charge is 2.43. The molecule has 2 aromatic heterocycles. The van der Waals surface area contributed by atoms with Crippen molar-refractivity contribution < 1.29 is 12.9 Å². The van der Waals surface area contributed by atoms with Gasteiger partial charge in [0.1, 0.15) is 5.69 Å². The number of aromatic nitrogens is 3. The molecule has 0 amide bonds. The van der Waals surface area contributed by atoms with E-state index in [1.807, 2.05) is 11.8 Å². The van der Waals surface area contributed by atoms with Gasteiger partial charge in [-0.05, 0) is 42.4 Å². The zero-order chi connectivity index (χ0) is 15.8. The summed E-state index contributed by atoms with van der Waals surface area (Å²) in [5, 5.41) is 3.91. The van der Waals surface area contributed by atoms with Gasteiger partial charge in [0.05, 0.1) is 4.90 Å². The van der Waals surface area contributed by atoms with Gasteiger partial charge >= 0.3 is 0 Å². The molecule has 2 aromatic rings. The van der Waals surface area contributed by atoms with Gasteiger partial charge < -0.3 is 4.52 Å². The van der Waals surface area contributed by atoms with E-state index in [9.17, 15) is 8.42 Å². The smallest absolute Gasteiger partial charge is 0.227 e. The maximum absolute atomic E-state index is 11.8. The summed E-state index contributed by atoms with van der Waals surface area (Å²) in [4.78, 5) is 8.58. The highest BCUT2D eigenvalue weighted by molar-refractivity contribution is 7.98. The molecule has 3 rings (SSSR count). The van der Waals surface area contributed by atoms with Crippen LogP contribution in [0.1, 0.15) is 18.7 Å². The van der Waals surface area contributed by atoms with Crippen LogP contribution in [0.15, 0.2) is 27.7 Å². The topological polar surface area (TPSA) is 86.0 Å². The van der Waals surface area contributed by atoms with E-state index >= 15 is 0 Å². The number of hydrogen-bond acceptors (Lipinski definition) is 7. The van der Waals surface area contributed by atoms with E-state index in [1.165, 1.54) is 25.1 Å². The first-order valence-electron chi connectivity index (χ1n) is 6.91. The minimum Gasteiger partial charge on any atom is -0.339 e. The Kier molecular flexibility index (Phi) is 3.98. The van der Waals surface area contributed by atoms with Gasteiger partial charge in [0.25, 0.3) is 0 Å². The summed E-state index contributed by atoms with van der Waals surface area (Å²) in [5.74, 6) is 1.85. The third kappa shape index (κ3) is 3.17. The van der Waals surface area contributed by atoms with Crippen molar-refractivity contribution in [1.82, 2.24) is 15.1 Å². The highest BCUT2D eigenvalue weighted by atomic mass is 32.2. The maximum atomic E-state index is 11.8. The van der Waals surface area contributed by atoms with Crippen LogP contribution in [0.5, 0.6) is 0 Å². The predicted molar refractivity (Wildman–Crippen MR) is 84.4 cm³/mol. The number of nitrogens with zero attached hydrogens (tertiary/aromatic N) is 3. The molecule has 0 radical (unpaired) electrons. The molecule has 0 atom stereocenters. The van der Waals surface area contributed by atoms with Gasteiger partial charge in [-0.2, -0.15) is 16.7 Å². The van der Waals surface area contributed by atoms with Crippen molar-refractivity contribution in [2.75, 3.05) is 18.3 Å². The molecule has 118 valence electrons. The Morgan fingerprint density at radius 2 is 2.18 bits per heavy atom. The number of sulfone groups is 1. The fraction of sp³-hybridized carbons (Fsp3) is 0.500. The Bertz CT molecular complexity index is 782. The Hall–Kier alpha value is -1.41. The van der Waals surface area contributed by atoms with Crippen LogP contribution in [0.2, 0.25) is 0 Å². The molecule has 8 heteroatoms. The minimum atomic E-state index is -3.39. The fourth-order valence-electron chi connectivity index (χ4n) is 2.46. The average Bonchev–Trinajstić information content (AvgIpc) is 3.06. The number of thioether (sulfide) groups is 1. The lowest BCUT2D eigenvalue weighted by molar-refractivity contribution is 0.354. The van der Waals surface area contributed by atoms with E-state index in [4.69, 9.17) is 4.52 Å². The highest BCUT2D eigenvalue weighted by Crippen LogP contribution is 2.50. The molecule has 0 aromatic carbocycles. The molecule has 0 spiro atoms. The Morgan fingerprint density at radius 3 is 2.82 bits per heavy atom. The lowest BCUT2D eigenvalue weighted by Crippen LogP contribution is -2.08. The third-order valence-electron chi connectivity index (χ3n) is 3.78. The van der Waals surface area contributed by atoms with Gasteiger partial charge in [-0.25, -0.2) is 8.42 Å². The number of hydrogen-bond donors (Lipinski definition) is 0. The van der Waals surface area contributed by atoms with Crippen molar-refractivity contribution in [3.05, 3.63) is 24.2 Å². The van der Waals surface area contributed by atoms with E-state index in [0.29, 0.717) is 5.89 Å². The molecular weight excluding hydrogens is 322 g/mol. The number of rotatable bonds is 6. The standard InChI is InChI=1S/C14H17N3O3S2/c1-21-9-14(5-6-14)8-11-16-13(17-20-11)12-10(22(2,18)19)4-3-7-15-12/h3-4,7H,5-6,8-9H2,1-2H3. The number of pyridine rings is 1. The zero-order valence-corrected chi connectivity index (χ0v) is 14.1. The van der Waals surface area contributed by atoms with E-state index in [0.717, 1.165) is 18.4 Å². The molecule has 1 saturated carbocycles. The first kappa shape index (κ1) is 15.5. The van der Waals surface area contributed by atoms with Crippen LogP contribution in [0, 0.1) is 5.41 Å². The summed E-state index contributed by atoms with van der Waals surface area (Å²) in [6, 6.07) is 3.09. The van der Waals surface area contributed by atoms with E-state index in [1.54, 1.807) is 6.07 Å². The Balaban J connectivity index is 1.89. The van der Waals surface area contributed by atoms with Crippen molar-refractivity contribution >= 4 is 21.6 Å². The molecule has 0 unspecified atom stereocenters. The molecule has 22 heavy (non-hydrogen) atoms. The Labute approximate surface area is 133 Å². The molecule has 1 fully saturated rings. The van der Waals surface area contributed by atoms with Crippen LogP contribution in [-0.4, -0.2) is 41.8 Å². The van der Waals surface area contributed by atoms with Gasteiger partial charge in [-0.1, -0.05) is 5.16 Å². The summed E-state index contributed by atoms with van der Waals surface area (Å²) in [5.41, 5.74) is 0.516. The largest absolute Gasteiger partial charge is 0.339 e. The Morgan fingerprint density at radius 1 is 1.41 bits per heavy atom. The SMILES string of the molecule is CSCC1(Cc2nc(-c3ncccc3S(C)(=O)=O)no2)CC1. The second-order valence-corrected chi connectivity index (χ2v) is 8.59. The second kappa shape index (κ2) is 5.66. The molecule has 1 aliphatic rings. The van der Waals surface area contributed by atoms with Crippen LogP contribution in [-0.2, 0) is 16.3 Å². The molecule has 0 saturated heterocycles. The summed E-state index contributed by atoms with van der Waals surface area (Å²) >= 11 is 1.82. The molecule has 6 nitrogen and oxygen atoms in total. The molecule has 0 bridgehead atoms. The quantitative estimate of drug-likeness (QED) is 0.797. The first-order chi connectivity index (χ1) is 10.4. The summed E-state index contributed by atoms with van der Waals surface area (Å²) in [7, 11) is -3.39. The lowest BCUT2D eigenvalue weighted by atomic mass is 10.1. The van der Waals surface area contributed by atoms with Gasteiger partial charge in [-0.3, -0.25) is 4.98 Å². The van der Waals surface area contributed by atoms with Crippen molar-refractivity contribution in [3.8, 4) is 11.5 Å². The molecule has 0 aliphatic heterocycles. The van der Waals surface area contributed by atoms with E-state index < -0.39 is 9.84 Å². The summed E-state index contributed by atoms with van der Waals surface area (Å²) in [6.07, 6.45) is 7.84. The van der Waals surface area contributed by atoms with Gasteiger partial charge in [0.2, 0.25) is 11.7 Å². The molecule has 0 N–H and O–H groups in total. The van der Waals surface area contributed by atoms with Crippen molar-refractivity contribution in [1.29, 1.82) is 0 Å². The molecule has 1 aliphatic carbocycles. The van der Waals surface area contributed by atoms with Crippen LogP contribution < -0.4 is 0 Å². The van der Waals surface area contributed by atoms with Crippen molar-refractivity contribution in [2.24, 2.45) is 5.41 Å². The zero-order valence-electron chi connectivity index (χ0n) is 12.4. The predicted octanol–water partition coefficient (Wildman–Crippen LogP) is 2.22. The van der Waals surface area contributed by atoms with Crippen LogP contribution in [0.3, 0.4) is 0 Å². The summed E-state index contributed by atoms with van der Waals surface area (Å²) in [6.45, 7) is 0. The minimum absolute atomic E-state index is 0.118. The average molecular weight is 339 g/mol. The van der Waals surface area contributed by atoms with Crippen molar-refractivity contribution in [3.63, 3.8) is 0 Å². The normalized spacial score (nSPS) is 16.6. The van der Waals surface area contributed by atoms with Gasteiger partial charge in [0, 0.05) is 18.9 Å². The third-order valence-corrected chi connectivity index (χ3v) is 5.81. The van der Waals surface area contributed by atoms with Gasteiger partial charge in [0.15, 0.2) is 9.84 Å². The summed E-state index contributed by atoms with van der Waals surface area (Å²) < 4.78 is 29.0. The molecule has 2 heterocycles.